The van der Waals surface area contributed by atoms with Gasteiger partial charge in [-0.25, -0.2) is 0 Å². The summed E-state index contributed by atoms with van der Waals surface area (Å²) in [7, 11) is 0. The highest BCUT2D eigenvalue weighted by molar-refractivity contribution is 5.80. The second-order valence-corrected chi connectivity index (χ2v) is 7.13. The average molecular weight is 401 g/mol. The molecule has 0 bridgehead atoms. The summed E-state index contributed by atoms with van der Waals surface area (Å²) in [5.41, 5.74) is 1.19. The SMILES string of the molecule is CCc1nncn1CCNC(=NCCc1ccc2c(c1)OCCO2)NC(C)CC. The van der Waals surface area contributed by atoms with Gasteiger partial charge in [0.2, 0.25) is 0 Å². The monoisotopic (exact) mass is 400 g/mol. The predicted molar refractivity (Wildman–Crippen MR) is 114 cm³/mol. The lowest BCUT2D eigenvalue weighted by Gasteiger charge is -2.19. The van der Waals surface area contributed by atoms with E-state index in [9.17, 15) is 0 Å². The van der Waals surface area contributed by atoms with Gasteiger partial charge in [0, 0.05) is 32.1 Å². The molecular formula is C21H32N6O2. The summed E-state index contributed by atoms with van der Waals surface area (Å²) in [6.45, 7) is 9.88. The Morgan fingerprint density at radius 2 is 2.07 bits per heavy atom. The van der Waals surface area contributed by atoms with E-state index in [-0.39, 0.29) is 0 Å². The van der Waals surface area contributed by atoms with Crippen LogP contribution in [0.3, 0.4) is 0 Å². The maximum Gasteiger partial charge on any atom is 0.191 e. The fraction of sp³-hybridized carbons (Fsp3) is 0.571. The summed E-state index contributed by atoms with van der Waals surface area (Å²) in [6, 6.07) is 6.47. The number of ether oxygens (including phenoxy) is 2. The van der Waals surface area contributed by atoms with Crippen LogP contribution in [0.4, 0.5) is 0 Å². The molecule has 1 aliphatic heterocycles. The standard InChI is InChI=1S/C21H32N6O2/c1-4-16(3)25-21(23-10-11-27-15-24-26-20(27)5-2)22-9-8-17-6-7-18-19(14-17)29-13-12-28-18/h6-7,14-16H,4-5,8-13H2,1-3H3,(H2,22,23,25). The van der Waals surface area contributed by atoms with E-state index in [0.717, 1.165) is 55.6 Å². The van der Waals surface area contributed by atoms with E-state index in [2.05, 4.69) is 58.3 Å². The Morgan fingerprint density at radius 1 is 1.24 bits per heavy atom. The Hall–Kier alpha value is -2.77. The van der Waals surface area contributed by atoms with E-state index in [1.807, 2.05) is 6.07 Å². The smallest absolute Gasteiger partial charge is 0.191 e. The molecule has 2 aromatic rings. The fourth-order valence-corrected chi connectivity index (χ4v) is 3.06. The normalized spacial score (nSPS) is 14.5. The van der Waals surface area contributed by atoms with E-state index in [1.54, 1.807) is 6.33 Å². The van der Waals surface area contributed by atoms with Gasteiger partial charge in [-0.3, -0.25) is 4.99 Å². The molecule has 0 spiro atoms. The van der Waals surface area contributed by atoms with Crippen molar-refractivity contribution in [2.24, 2.45) is 4.99 Å². The molecule has 0 amide bonds. The summed E-state index contributed by atoms with van der Waals surface area (Å²) in [5, 5.41) is 15.0. The van der Waals surface area contributed by atoms with E-state index in [1.165, 1.54) is 5.56 Å². The number of hydrogen-bond donors (Lipinski definition) is 2. The molecule has 1 atom stereocenters. The van der Waals surface area contributed by atoms with Crippen molar-refractivity contribution in [2.45, 2.75) is 52.6 Å². The van der Waals surface area contributed by atoms with Gasteiger partial charge in [0.05, 0.1) is 0 Å². The van der Waals surface area contributed by atoms with Crippen LogP contribution in [0, 0.1) is 0 Å². The van der Waals surface area contributed by atoms with Crippen LogP contribution >= 0.6 is 0 Å². The largest absolute Gasteiger partial charge is 0.486 e. The van der Waals surface area contributed by atoms with Crippen molar-refractivity contribution in [2.75, 3.05) is 26.3 Å². The number of fused-ring (bicyclic) bond motifs is 1. The number of aromatic nitrogens is 3. The number of nitrogens with zero attached hydrogens (tertiary/aromatic N) is 4. The van der Waals surface area contributed by atoms with E-state index < -0.39 is 0 Å². The van der Waals surface area contributed by atoms with Crippen LogP contribution in [0.2, 0.25) is 0 Å². The Morgan fingerprint density at radius 3 is 2.86 bits per heavy atom. The second-order valence-electron chi connectivity index (χ2n) is 7.13. The highest BCUT2D eigenvalue weighted by atomic mass is 16.6. The highest BCUT2D eigenvalue weighted by Gasteiger charge is 2.11. The quantitative estimate of drug-likeness (QED) is 0.496. The third-order valence-corrected chi connectivity index (χ3v) is 4.93. The van der Waals surface area contributed by atoms with Crippen molar-refractivity contribution in [3.8, 4) is 11.5 Å². The van der Waals surface area contributed by atoms with Crippen LogP contribution in [-0.4, -0.2) is 53.1 Å². The highest BCUT2D eigenvalue weighted by Crippen LogP contribution is 2.30. The molecule has 3 rings (SSSR count). The lowest BCUT2D eigenvalue weighted by molar-refractivity contribution is 0.171. The Kier molecular flexibility index (Phi) is 7.72. The summed E-state index contributed by atoms with van der Waals surface area (Å²) >= 11 is 0. The Bertz CT molecular complexity index is 804. The molecule has 1 aromatic carbocycles. The minimum Gasteiger partial charge on any atom is -0.486 e. The van der Waals surface area contributed by atoms with E-state index >= 15 is 0 Å². The lowest BCUT2D eigenvalue weighted by Crippen LogP contribution is -2.43. The Labute approximate surface area is 172 Å². The molecule has 0 aliphatic carbocycles. The first-order valence-corrected chi connectivity index (χ1v) is 10.5. The van der Waals surface area contributed by atoms with Gasteiger partial charge in [-0.1, -0.05) is 19.9 Å². The third kappa shape index (κ3) is 6.10. The average Bonchev–Trinajstić information content (AvgIpc) is 3.21. The summed E-state index contributed by atoms with van der Waals surface area (Å²) in [5.74, 6) is 3.49. The van der Waals surface area contributed by atoms with Crippen LogP contribution in [0.5, 0.6) is 11.5 Å². The fourth-order valence-electron chi connectivity index (χ4n) is 3.06. The van der Waals surface area contributed by atoms with E-state index in [4.69, 9.17) is 14.5 Å². The van der Waals surface area contributed by atoms with Crippen molar-refractivity contribution < 1.29 is 9.47 Å². The number of nitrogens with one attached hydrogen (secondary N) is 2. The van der Waals surface area contributed by atoms with Gasteiger partial charge in [0.15, 0.2) is 17.5 Å². The number of hydrogen-bond acceptors (Lipinski definition) is 5. The lowest BCUT2D eigenvalue weighted by atomic mass is 10.1. The van der Waals surface area contributed by atoms with Gasteiger partial charge >= 0.3 is 0 Å². The van der Waals surface area contributed by atoms with Crippen LogP contribution in [0.25, 0.3) is 0 Å². The third-order valence-electron chi connectivity index (χ3n) is 4.93. The molecule has 1 unspecified atom stereocenters. The molecule has 1 aliphatic rings. The zero-order valence-electron chi connectivity index (χ0n) is 17.6. The van der Waals surface area contributed by atoms with Crippen molar-refractivity contribution in [3.05, 3.63) is 35.9 Å². The van der Waals surface area contributed by atoms with Gasteiger partial charge in [0.1, 0.15) is 25.4 Å². The molecule has 1 aromatic heterocycles. The van der Waals surface area contributed by atoms with Gasteiger partial charge in [-0.05, 0) is 37.5 Å². The number of aryl methyl sites for hydroxylation is 1. The minimum atomic E-state index is 0.358. The maximum absolute atomic E-state index is 5.67. The van der Waals surface area contributed by atoms with Gasteiger partial charge in [0.25, 0.3) is 0 Å². The van der Waals surface area contributed by atoms with Crippen molar-refractivity contribution in [3.63, 3.8) is 0 Å². The summed E-state index contributed by atoms with van der Waals surface area (Å²) in [4.78, 5) is 4.76. The van der Waals surface area contributed by atoms with Crippen molar-refractivity contribution in [1.29, 1.82) is 0 Å². The number of rotatable bonds is 9. The molecule has 0 saturated heterocycles. The van der Waals surface area contributed by atoms with Crippen LogP contribution in [0.15, 0.2) is 29.5 Å². The molecule has 8 heteroatoms. The summed E-state index contributed by atoms with van der Waals surface area (Å²) in [6.07, 6.45) is 4.53. The molecular weight excluding hydrogens is 368 g/mol. The maximum atomic E-state index is 5.67. The molecule has 2 N–H and O–H groups in total. The molecule has 0 radical (unpaired) electrons. The van der Waals surface area contributed by atoms with E-state index in [0.29, 0.717) is 25.8 Å². The predicted octanol–water partition coefficient (Wildman–Crippen LogP) is 2.19. The Balaban J connectivity index is 1.55. The number of benzene rings is 1. The van der Waals surface area contributed by atoms with Crippen LogP contribution < -0.4 is 20.1 Å². The van der Waals surface area contributed by atoms with Crippen molar-refractivity contribution in [1.82, 2.24) is 25.4 Å². The van der Waals surface area contributed by atoms with Crippen molar-refractivity contribution >= 4 is 5.96 Å². The first kappa shape index (κ1) is 21.0. The molecule has 29 heavy (non-hydrogen) atoms. The number of aliphatic imine (C=N–C) groups is 1. The first-order valence-electron chi connectivity index (χ1n) is 10.5. The van der Waals surface area contributed by atoms with Gasteiger partial charge < -0.3 is 24.7 Å². The zero-order valence-corrected chi connectivity index (χ0v) is 17.6. The van der Waals surface area contributed by atoms with Crippen LogP contribution in [0.1, 0.15) is 38.6 Å². The van der Waals surface area contributed by atoms with Gasteiger partial charge in [-0.2, -0.15) is 0 Å². The minimum absolute atomic E-state index is 0.358. The second kappa shape index (κ2) is 10.7. The van der Waals surface area contributed by atoms with Gasteiger partial charge in [-0.15, -0.1) is 10.2 Å². The first-order chi connectivity index (χ1) is 14.2. The molecule has 0 fully saturated rings. The molecule has 158 valence electrons. The van der Waals surface area contributed by atoms with Crippen LogP contribution in [-0.2, 0) is 19.4 Å². The molecule has 2 heterocycles. The number of guanidine groups is 1. The topological polar surface area (TPSA) is 85.6 Å². The summed E-state index contributed by atoms with van der Waals surface area (Å²) < 4.78 is 13.3. The molecule has 8 nitrogen and oxygen atoms in total. The zero-order chi connectivity index (χ0) is 20.5. The molecule has 0 saturated carbocycles.